The van der Waals surface area contributed by atoms with Crippen LogP contribution < -0.4 is 5.32 Å². The van der Waals surface area contributed by atoms with E-state index in [1.807, 2.05) is 0 Å². The molecule has 1 atom stereocenters. The smallest absolute Gasteiger partial charge is 0.239 e. The fourth-order valence-electron chi connectivity index (χ4n) is 2.45. The van der Waals surface area contributed by atoms with Gasteiger partial charge in [-0.3, -0.25) is 0 Å². The Kier molecular flexibility index (Phi) is 5.01. The molecule has 0 saturated carbocycles. The lowest BCUT2D eigenvalue weighted by atomic mass is 10.1. The van der Waals surface area contributed by atoms with Gasteiger partial charge < -0.3 is 5.32 Å². The van der Waals surface area contributed by atoms with Crippen molar-refractivity contribution in [3.8, 4) is 0 Å². The van der Waals surface area contributed by atoms with Crippen molar-refractivity contribution in [1.82, 2.24) is 4.98 Å². The van der Waals surface area contributed by atoms with Crippen LogP contribution in [-0.2, 0) is 9.84 Å². The molecule has 4 nitrogen and oxygen atoms in total. The third-order valence-electron chi connectivity index (χ3n) is 3.62. The van der Waals surface area contributed by atoms with Gasteiger partial charge in [0.1, 0.15) is 28.5 Å². The van der Waals surface area contributed by atoms with Crippen molar-refractivity contribution in [2.45, 2.75) is 22.2 Å². The first-order chi connectivity index (χ1) is 12.3. The van der Waals surface area contributed by atoms with E-state index in [0.29, 0.717) is 16.9 Å². The van der Waals surface area contributed by atoms with E-state index in [1.54, 1.807) is 13.0 Å². The van der Waals surface area contributed by atoms with E-state index >= 15 is 0 Å². The largest absolute Gasteiger partial charge is 0.378 e. The number of aromatic nitrogens is 1. The summed E-state index contributed by atoms with van der Waals surface area (Å²) in [4.78, 5) is 2.40. The predicted molar refractivity (Wildman–Crippen MR) is 91.2 cm³/mol. The van der Waals surface area contributed by atoms with Gasteiger partial charge in [-0.05, 0) is 25.1 Å². The molecule has 0 aliphatic rings. The van der Waals surface area contributed by atoms with Crippen molar-refractivity contribution in [2.24, 2.45) is 0 Å². The minimum atomic E-state index is -4.42. The molecule has 0 aliphatic heterocycles. The van der Waals surface area contributed by atoms with E-state index in [4.69, 9.17) is 0 Å². The lowest BCUT2D eigenvalue weighted by molar-refractivity contribution is 0.519. The summed E-state index contributed by atoms with van der Waals surface area (Å²) in [6.45, 7) is 1.62. The highest BCUT2D eigenvalue weighted by Gasteiger charge is 2.29. The van der Waals surface area contributed by atoms with Crippen LogP contribution in [0.3, 0.4) is 0 Å². The number of hydrogen-bond acceptors (Lipinski definition) is 5. The maximum absolute atomic E-state index is 14.4. The van der Waals surface area contributed by atoms with Crippen LogP contribution in [0.4, 0.5) is 18.9 Å². The molecular weight excluding hydrogens is 385 g/mol. The van der Waals surface area contributed by atoms with Gasteiger partial charge in [0, 0.05) is 16.6 Å². The van der Waals surface area contributed by atoms with Crippen molar-refractivity contribution in [1.29, 1.82) is 0 Å². The molecule has 0 bridgehead atoms. The van der Waals surface area contributed by atoms with Gasteiger partial charge >= 0.3 is 0 Å². The topological polar surface area (TPSA) is 59.1 Å². The molecular formula is C17H12F3N2O2S2. The average Bonchev–Trinajstić information content (AvgIpc) is 3.09. The van der Waals surface area contributed by atoms with Gasteiger partial charge in [0.05, 0.1) is 6.04 Å². The summed E-state index contributed by atoms with van der Waals surface area (Å²) >= 11 is 0.711. The Labute approximate surface area is 152 Å². The third kappa shape index (κ3) is 3.45. The molecule has 26 heavy (non-hydrogen) atoms. The summed E-state index contributed by atoms with van der Waals surface area (Å²) in [6, 6.07) is 7.09. The normalized spacial score (nSPS) is 12.8. The number of rotatable bonds is 5. The Hall–Kier alpha value is -2.39. The van der Waals surface area contributed by atoms with Gasteiger partial charge in [0.15, 0.2) is 0 Å². The quantitative estimate of drug-likeness (QED) is 0.695. The second-order valence-electron chi connectivity index (χ2n) is 5.40. The van der Waals surface area contributed by atoms with E-state index in [9.17, 15) is 21.6 Å². The Balaban J connectivity index is 1.94. The van der Waals surface area contributed by atoms with E-state index in [0.717, 1.165) is 12.1 Å². The molecule has 1 heterocycles. The van der Waals surface area contributed by atoms with Crippen LogP contribution in [0, 0.1) is 23.6 Å². The van der Waals surface area contributed by atoms with Crippen LogP contribution in [0.15, 0.2) is 51.0 Å². The number of anilines is 1. The lowest BCUT2D eigenvalue weighted by Crippen LogP contribution is -2.11. The molecule has 1 N–H and O–H groups in total. The molecule has 1 radical (unpaired) electrons. The number of thiazole rings is 1. The van der Waals surface area contributed by atoms with E-state index < -0.39 is 42.6 Å². The van der Waals surface area contributed by atoms with Gasteiger partial charge in [0.2, 0.25) is 14.2 Å². The third-order valence-corrected chi connectivity index (χ3v) is 6.56. The minimum absolute atomic E-state index is 0.0135. The van der Waals surface area contributed by atoms with Crippen LogP contribution in [0.25, 0.3) is 0 Å². The first-order valence-electron chi connectivity index (χ1n) is 7.37. The van der Waals surface area contributed by atoms with Crippen molar-refractivity contribution in [2.75, 3.05) is 5.32 Å². The number of benzene rings is 2. The zero-order valence-electron chi connectivity index (χ0n) is 13.3. The van der Waals surface area contributed by atoms with Crippen molar-refractivity contribution >= 4 is 26.9 Å². The second-order valence-corrected chi connectivity index (χ2v) is 8.32. The molecule has 0 spiro atoms. The summed E-state index contributed by atoms with van der Waals surface area (Å²) in [5.41, 5.74) is 0.295. The van der Waals surface area contributed by atoms with Crippen LogP contribution in [0.5, 0.6) is 0 Å². The zero-order chi connectivity index (χ0) is 18.9. The highest BCUT2D eigenvalue weighted by Crippen LogP contribution is 2.31. The number of halogens is 3. The van der Waals surface area contributed by atoms with E-state index in [2.05, 4.69) is 16.5 Å². The SMILES string of the molecule is C[C@H](Nc1cc(F)c(S(=O)(=O)c2n[c]cs2)c(F)c1)c1ccccc1F. The standard InChI is InChI=1S/C17H12F3N2O2S2/c1-10(12-4-2-3-5-13(12)18)22-11-8-14(19)16(15(20)9-11)26(23,24)17-21-6-7-25-17/h2-5,7-10,22H,1H3/t10-/m0/s1. The Morgan fingerprint density at radius 2 is 1.77 bits per heavy atom. The van der Waals surface area contributed by atoms with Crippen LogP contribution >= 0.6 is 11.3 Å². The molecule has 3 rings (SSSR count). The molecule has 0 saturated heterocycles. The lowest BCUT2D eigenvalue weighted by Gasteiger charge is -2.17. The summed E-state index contributed by atoms with van der Waals surface area (Å²) in [5, 5.41) is 4.03. The highest BCUT2D eigenvalue weighted by molar-refractivity contribution is 7.93. The summed E-state index contributed by atoms with van der Waals surface area (Å²) in [6.07, 6.45) is 2.30. The monoisotopic (exact) mass is 397 g/mol. The first kappa shape index (κ1) is 18.4. The Bertz CT molecular complexity index is 1010. The summed E-state index contributed by atoms with van der Waals surface area (Å²) < 4.78 is 66.7. The first-order valence-corrected chi connectivity index (χ1v) is 9.73. The maximum Gasteiger partial charge on any atom is 0.239 e. The molecule has 0 aliphatic carbocycles. The van der Waals surface area contributed by atoms with Gasteiger partial charge in [-0.25, -0.2) is 26.6 Å². The summed E-state index contributed by atoms with van der Waals surface area (Å²) in [5.74, 6) is -2.99. The molecule has 1 aromatic heterocycles. The van der Waals surface area contributed by atoms with E-state index in [-0.39, 0.29) is 5.69 Å². The Morgan fingerprint density at radius 1 is 1.12 bits per heavy atom. The molecule has 2 aromatic carbocycles. The minimum Gasteiger partial charge on any atom is -0.378 e. The van der Waals surface area contributed by atoms with Crippen molar-refractivity contribution in [3.63, 3.8) is 0 Å². The predicted octanol–water partition coefficient (Wildman–Crippen LogP) is 4.37. The van der Waals surface area contributed by atoms with Crippen molar-refractivity contribution < 1.29 is 21.6 Å². The number of nitrogens with zero attached hydrogens (tertiary/aromatic N) is 1. The van der Waals surface area contributed by atoms with Crippen LogP contribution in [0.1, 0.15) is 18.5 Å². The molecule has 3 aromatic rings. The molecule has 135 valence electrons. The highest BCUT2D eigenvalue weighted by atomic mass is 32.2. The summed E-state index contributed by atoms with van der Waals surface area (Å²) in [7, 11) is -4.42. The molecule has 0 fully saturated rings. The van der Waals surface area contributed by atoms with Crippen LogP contribution in [-0.4, -0.2) is 13.4 Å². The second kappa shape index (κ2) is 7.08. The number of nitrogens with one attached hydrogen (secondary N) is 1. The van der Waals surface area contributed by atoms with Gasteiger partial charge in [-0.15, -0.1) is 11.3 Å². The molecule has 0 unspecified atom stereocenters. The number of sulfone groups is 1. The fourth-order valence-corrected chi connectivity index (χ4v) is 4.64. The average molecular weight is 397 g/mol. The van der Waals surface area contributed by atoms with Gasteiger partial charge in [-0.1, -0.05) is 18.2 Å². The van der Waals surface area contributed by atoms with Crippen LogP contribution in [0.2, 0.25) is 0 Å². The van der Waals surface area contributed by atoms with Crippen molar-refractivity contribution in [3.05, 3.63) is 71.0 Å². The maximum atomic E-state index is 14.4. The molecule has 9 heteroatoms. The van der Waals surface area contributed by atoms with Gasteiger partial charge in [0.25, 0.3) is 0 Å². The molecule has 0 amide bonds. The van der Waals surface area contributed by atoms with Gasteiger partial charge in [-0.2, -0.15) is 0 Å². The zero-order valence-corrected chi connectivity index (χ0v) is 15.0. The fraction of sp³-hybridized carbons (Fsp3) is 0.118. The van der Waals surface area contributed by atoms with E-state index in [1.165, 1.54) is 23.6 Å². The Morgan fingerprint density at radius 3 is 2.35 bits per heavy atom. The number of hydrogen-bond donors (Lipinski definition) is 1.